The van der Waals surface area contributed by atoms with Gasteiger partial charge in [0.05, 0.1) is 4.92 Å². The molecular weight excluding hydrogens is 431 g/mol. The number of furan rings is 1. The van der Waals surface area contributed by atoms with Crippen LogP contribution in [0.25, 0.3) is 0 Å². The highest BCUT2D eigenvalue weighted by molar-refractivity contribution is 6.02. The Labute approximate surface area is 170 Å². The summed E-state index contributed by atoms with van der Waals surface area (Å²) in [5, 5.41) is 12.4. The standard InChI is InChI=1S/C19H11F5N2O5/c1-8-6-9(2-4-11(8)26(28)29)30-7-10-3-5-12(31-10)19(27)25-18-16(23)14(21)13(20)15(22)17(18)24/h2-6H,7H2,1H3,(H,25,27). The van der Waals surface area contributed by atoms with Gasteiger partial charge in [0.15, 0.2) is 29.0 Å². The molecular formula is C19H11F5N2O5. The zero-order valence-electron chi connectivity index (χ0n) is 15.5. The average molecular weight is 442 g/mol. The van der Waals surface area contributed by atoms with E-state index in [4.69, 9.17) is 9.15 Å². The Kier molecular flexibility index (Phi) is 5.90. The van der Waals surface area contributed by atoms with E-state index in [2.05, 4.69) is 0 Å². The molecule has 0 aliphatic rings. The number of nitrogens with zero attached hydrogens (tertiary/aromatic N) is 1. The van der Waals surface area contributed by atoms with Crippen LogP contribution in [-0.2, 0) is 6.61 Å². The number of benzene rings is 2. The van der Waals surface area contributed by atoms with Gasteiger partial charge in [-0.05, 0) is 31.2 Å². The highest BCUT2D eigenvalue weighted by Gasteiger charge is 2.27. The van der Waals surface area contributed by atoms with Crippen LogP contribution in [0.4, 0.5) is 33.3 Å². The van der Waals surface area contributed by atoms with E-state index in [0.717, 1.165) is 6.07 Å². The van der Waals surface area contributed by atoms with Crippen molar-refractivity contribution in [3.63, 3.8) is 0 Å². The molecule has 0 aliphatic carbocycles. The number of rotatable bonds is 6. The Morgan fingerprint density at radius 1 is 1.03 bits per heavy atom. The van der Waals surface area contributed by atoms with Crippen LogP contribution in [-0.4, -0.2) is 10.8 Å². The molecule has 31 heavy (non-hydrogen) atoms. The van der Waals surface area contributed by atoms with Crippen LogP contribution in [0.5, 0.6) is 5.75 Å². The fraction of sp³-hybridized carbons (Fsp3) is 0.105. The topological polar surface area (TPSA) is 94.6 Å². The Hall–Kier alpha value is -3.96. The van der Waals surface area contributed by atoms with Crippen LogP contribution in [0.15, 0.2) is 34.7 Å². The van der Waals surface area contributed by atoms with Crippen LogP contribution >= 0.6 is 0 Å². The van der Waals surface area contributed by atoms with Crippen molar-refractivity contribution in [2.24, 2.45) is 0 Å². The van der Waals surface area contributed by atoms with Crippen molar-refractivity contribution in [1.82, 2.24) is 0 Å². The minimum atomic E-state index is -2.35. The summed E-state index contributed by atoms with van der Waals surface area (Å²) in [7, 11) is 0. The number of hydrogen-bond donors (Lipinski definition) is 1. The largest absolute Gasteiger partial charge is 0.486 e. The maximum absolute atomic E-state index is 13.7. The molecule has 3 aromatic rings. The van der Waals surface area contributed by atoms with Gasteiger partial charge in [-0.3, -0.25) is 14.9 Å². The SMILES string of the molecule is Cc1cc(OCc2ccc(C(=O)Nc3c(F)c(F)c(F)c(F)c3F)o2)ccc1[N+](=O)[O-]. The number of hydrogen-bond acceptors (Lipinski definition) is 5. The van der Waals surface area contributed by atoms with Gasteiger partial charge in [0.2, 0.25) is 5.82 Å². The molecule has 0 unspecified atom stereocenters. The van der Waals surface area contributed by atoms with Gasteiger partial charge in [-0.15, -0.1) is 0 Å². The molecule has 0 saturated carbocycles. The lowest BCUT2D eigenvalue weighted by atomic mass is 10.2. The number of halogens is 5. The highest BCUT2D eigenvalue weighted by atomic mass is 19.2. The maximum atomic E-state index is 13.7. The Morgan fingerprint density at radius 2 is 1.65 bits per heavy atom. The fourth-order valence-corrected chi connectivity index (χ4v) is 2.54. The Balaban J connectivity index is 1.71. The van der Waals surface area contributed by atoms with E-state index in [0.29, 0.717) is 5.56 Å². The first kappa shape index (κ1) is 21.7. The number of amides is 1. The van der Waals surface area contributed by atoms with Crippen molar-refractivity contribution in [3.8, 4) is 5.75 Å². The van der Waals surface area contributed by atoms with Crippen LogP contribution in [0.2, 0.25) is 0 Å². The first-order chi connectivity index (χ1) is 14.6. The van der Waals surface area contributed by atoms with E-state index in [1.807, 2.05) is 0 Å². The first-order valence-electron chi connectivity index (χ1n) is 8.39. The summed E-state index contributed by atoms with van der Waals surface area (Å²) in [5.41, 5.74) is -1.26. The number of anilines is 1. The van der Waals surface area contributed by atoms with E-state index in [9.17, 15) is 36.9 Å². The molecule has 12 heteroatoms. The molecule has 0 bridgehead atoms. The Bertz CT molecular complexity index is 1170. The number of nitro groups is 1. The summed E-state index contributed by atoms with van der Waals surface area (Å²) in [6.07, 6.45) is 0. The van der Waals surface area contributed by atoms with Crippen molar-refractivity contribution in [3.05, 3.63) is 86.6 Å². The van der Waals surface area contributed by atoms with Gasteiger partial charge >= 0.3 is 0 Å². The van der Waals surface area contributed by atoms with Gasteiger partial charge in [-0.1, -0.05) is 0 Å². The van der Waals surface area contributed by atoms with Crippen molar-refractivity contribution in [1.29, 1.82) is 0 Å². The number of aryl methyl sites for hydroxylation is 1. The summed E-state index contributed by atoms with van der Waals surface area (Å²) < 4.78 is 77.4. The summed E-state index contributed by atoms with van der Waals surface area (Å²) >= 11 is 0. The highest BCUT2D eigenvalue weighted by Crippen LogP contribution is 2.28. The van der Waals surface area contributed by atoms with E-state index in [-0.39, 0.29) is 23.8 Å². The number of nitrogens with one attached hydrogen (secondary N) is 1. The van der Waals surface area contributed by atoms with Crippen LogP contribution < -0.4 is 10.1 Å². The van der Waals surface area contributed by atoms with Crippen molar-refractivity contribution < 1.29 is 40.8 Å². The molecule has 2 aromatic carbocycles. The molecule has 0 spiro atoms. The zero-order valence-corrected chi connectivity index (χ0v) is 15.5. The van der Waals surface area contributed by atoms with Crippen LogP contribution in [0.1, 0.15) is 21.9 Å². The molecule has 7 nitrogen and oxygen atoms in total. The van der Waals surface area contributed by atoms with Gasteiger partial charge in [0, 0.05) is 11.6 Å². The third kappa shape index (κ3) is 4.32. The smallest absolute Gasteiger partial charge is 0.291 e. The van der Waals surface area contributed by atoms with Crippen molar-refractivity contribution in [2.45, 2.75) is 13.5 Å². The molecule has 0 saturated heterocycles. The molecule has 3 rings (SSSR count). The normalized spacial score (nSPS) is 10.8. The molecule has 0 radical (unpaired) electrons. The molecule has 162 valence electrons. The van der Waals surface area contributed by atoms with Gasteiger partial charge in [-0.2, -0.15) is 0 Å². The Morgan fingerprint density at radius 3 is 2.23 bits per heavy atom. The molecule has 1 heterocycles. The molecule has 0 atom stereocenters. The lowest BCUT2D eigenvalue weighted by Gasteiger charge is -2.09. The number of carbonyl (C=O) groups is 1. The first-order valence-corrected chi connectivity index (χ1v) is 8.39. The maximum Gasteiger partial charge on any atom is 0.291 e. The van der Waals surface area contributed by atoms with Crippen LogP contribution in [0.3, 0.4) is 0 Å². The second kappa shape index (κ2) is 8.42. The van der Waals surface area contributed by atoms with Crippen molar-refractivity contribution >= 4 is 17.3 Å². The summed E-state index contributed by atoms with van der Waals surface area (Å²) in [4.78, 5) is 22.3. The van der Waals surface area contributed by atoms with Crippen molar-refractivity contribution in [2.75, 3.05) is 5.32 Å². The average Bonchev–Trinajstić information content (AvgIpc) is 3.21. The second-order valence-corrected chi connectivity index (χ2v) is 6.16. The monoisotopic (exact) mass is 442 g/mol. The van der Waals surface area contributed by atoms with E-state index in [1.54, 1.807) is 5.32 Å². The molecule has 0 aliphatic heterocycles. The quantitative estimate of drug-likeness (QED) is 0.190. The minimum Gasteiger partial charge on any atom is -0.486 e. The second-order valence-electron chi connectivity index (χ2n) is 6.16. The fourth-order valence-electron chi connectivity index (χ4n) is 2.54. The number of carbonyl (C=O) groups excluding carboxylic acids is 1. The molecule has 1 aromatic heterocycles. The predicted molar refractivity (Wildman–Crippen MR) is 95.1 cm³/mol. The summed E-state index contributed by atoms with van der Waals surface area (Å²) in [6, 6.07) is 6.39. The summed E-state index contributed by atoms with van der Waals surface area (Å²) in [6.45, 7) is 1.30. The molecule has 0 fully saturated rings. The molecule has 1 amide bonds. The zero-order chi connectivity index (χ0) is 22.9. The molecule has 1 N–H and O–H groups in total. The van der Waals surface area contributed by atoms with Gasteiger partial charge in [0.1, 0.15) is 23.8 Å². The lowest BCUT2D eigenvalue weighted by Crippen LogP contribution is -2.16. The lowest BCUT2D eigenvalue weighted by molar-refractivity contribution is -0.385. The third-order valence-corrected chi connectivity index (χ3v) is 4.08. The van der Waals surface area contributed by atoms with E-state index < -0.39 is 51.4 Å². The minimum absolute atomic E-state index is 0.0820. The summed E-state index contributed by atoms with van der Waals surface area (Å²) in [5.74, 6) is -12.6. The predicted octanol–water partition coefficient (Wildman–Crippen LogP) is 5.02. The van der Waals surface area contributed by atoms with Crippen LogP contribution in [0, 0.1) is 46.1 Å². The number of ether oxygens (including phenoxy) is 1. The van der Waals surface area contributed by atoms with E-state index >= 15 is 0 Å². The number of nitro benzene ring substituents is 1. The van der Waals surface area contributed by atoms with E-state index in [1.165, 1.54) is 31.2 Å². The van der Waals surface area contributed by atoms with Gasteiger partial charge < -0.3 is 14.5 Å². The van der Waals surface area contributed by atoms with Gasteiger partial charge in [-0.25, -0.2) is 22.0 Å². The third-order valence-electron chi connectivity index (χ3n) is 4.08. The van der Waals surface area contributed by atoms with Gasteiger partial charge in [0.25, 0.3) is 11.6 Å².